The molecule has 21 heavy (non-hydrogen) atoms. The van der Waals surface area contributed by atoms with Gasteiger partial charge in [-0.15, -0.1) is 0 Å². The van der Waals surface area contributed by atoms with E-state index < -0.39 is 0 Å². The fraction of sp³-hybridized carbons (Fsp3) is 0.684. The molecule has 1 aromatic rings. The van der Waals surface area contributed by atoms with Crippen LogP contribution >= 0.6 is 0 Å². The predicted octanol–water partition coefficient (Wildman–Crippen LogP) is 5.15. The Labute approximate surface area is 130 Å². The molecule has 0 saturated heterocycles. The zero-order valence-electron chi connectivity index (χ0n) is 13.6. The summed E-state index contributed by atoms with van der Waals surface area (Å²) in [7, 11) is 0. The summed E-state index contributed by atoms with van der Waals surface area (Å²) in [5.41, 5.74) is 8.75. The van der Waals surface area contributed by atoms with Gasteiger partial charge in [0.15, 0.2) is 0 Å². The van der Waals surface area contributed by atoms with Gasteiger partial charge in [0.2, 0.25) is 0 Å². The molecule has 1 aliphatic carbocycles. The third-order valence-electron chi connectivity index (χ3n) is 4.53. The van der Waals surface area contributed by atoms with E-state index in [1.54, 1.807) is 0 Å². The molecule has 0 fully saturated rings. The first-order chi connectivity index (χ1) is 10.3. The zero-order valence-corrected chi connectivity index (χ0v) is 13.6. The standard InChI is InChI=1S/C19H31NO/c1-2-3-4-5-6-7-8-9-15-21-19-12-10-11-16-17(19)13-14-18(16)20/h10-12,18H,2-9,13-15,20H2,1H3. The smallest absolute Gasteiger partial charge is 0.122 e. The van der Waals surface area contributed by atoms with E-state index in [4.69, 9.17) is 10.5 Å². The molecule has 118 valence electrons. The Hall–Kier alpha value is -1.02. The van der Waals surface area contributed by atoms with E-state index in [1.165, 1.54) is 62.5 Å². The summed E-state index contributed by atoms with van der Waals surface area (Å²) >= 11 is 0. The minimum atomic E-state index is 0.215. The van der Waals surface area contributed by atoms with Crippen LogP contribution < -0.4 is 10.5 Å². The number of hydrogen-bond acceptors (Lipinski definition) is 2. The van der Waals surface area contributed by atoms with Gasteiger partial charge in [0.1, 0.15) is 5.75 Å². The summed E-state index contributed by atoms with van der Waals surface area (Å²) in [6.45, 7) is 3.12. The Bertz CT molecular complexity index is 416. The molecule has 1 aromatic carbocycles. The van der Waals surface area contributed by atoms with Gasteiger partial charge in [-0.1, -0.05) is 64.0 Å². The van der Waals surface area contributed by atoms with Gasteiger partial charge in [0.25, 0.3) is 0 Å². The highest BCUT2D eigenvalue weighted by atomic mass is 16.5. The van der Waals surface area contributed by atoms with Gasteiger partial charge in [0.05, 0.1) is 6.61 Å². The lowest BCUT2D eigenvalue weighted by Gasteiger charge is -2.11. The number of benzene rings is 1. The van der Waals surface area contributed by atoms with Gasteiger partial charge in [-0.05, 0) is 36.5 Å². The maximum Gasteiger partial charge on any atom is 0.122 e. The molecule has 0 heterocycles. The lowest BCUT2D eigenvalue weighted by molar-refractivity contribution is 0.301. The van der Waals surface area contributed by atoms with Crippen molar-refractivity contribution in [2.45, 2.75) is 77.2 Å². The molecule has 0 aliphatic heterocycles. The second-order valence-corrected chi connectivity index (χ2v) is 6.29. The first kappa shape index (κ1) is 16.4. The molecule has 0 bridgehead atoms. The minimum absolute atomic E-state index is 0.215. The number of rotatable bonds is 10. The van der Waals surface area contributed by atoms with Gasteiger partial charge >= 0.3 is 0 Å². The topological polar surface area (TPSA) is 35.2 Å². The predicted molar refractivity (Wildman–Crippen MR) is 89.8 cm³/mol. The molecule has 2 nitrogen and oxygen atoms in total. The van der Waals surface area contributed by atoms with Crippen molar-refractivity contribution < 1.29 is 4.74 Å². The van der Waals surface area contributed by atoms with Crippen molar-refractivity contribution in [3.05, 3.63) is 29.3 Å². The van der Waals surface area contributed by atoms with E-state index >= 15 is 0 Å². The molecule has 0 aromatic heterocycles. The van der Waals surface area contributed by atoms with E-state index in [0.717, 1.165) is 25.2 Å². The quantitative estimate of drug-likeness (QED) is 0.604. The summed E-state index contributed by atoms with van der Waals surface area (Å²) in [5, 5.41) is 0. The third-order valence-corrected chi connectivity index (χ3v) is 4.53. The van der Waals surface area contributed by atoms with E-state index in [2.05, 4.69) is 25.1 Å². The van der Waals surface area contributed by atoms with Crippen LogP contribution in [0.25, 0.3) is 0 Å². The molecule has 0 spiro atoms. The highest BCUT2D eigenvalue weighted by molar-refractivity contribution is 5.44. The second kappa shape index (κ2) is 9.09. The molecule has 1 unspecified atom stereocenters. The Morgan fingerprint density at radius 1 is 1.05 bits per heavy atom. The highest BCUT2D eigenvalue weighted by Crippen LogP contribution is 2.35. The first-order valence-electron chi connectivity index (χ1n) is 8.83. The summed E-state index contributed by atoms with van der Waals surface area (Å²) in [4.78, 5) is 0. The monoisotopic (exact) mass is 289 g/mol. The molecule has 0 saturated carbocycles. The van der Waals surface area contributed by atoms with Crippen molar-refractivity contribution in [2.24, 2.45) is 5.73 Å². The number of hydrogen-bond donors (Lipinski definition) is 1. The molecule has 0 amide bonds. The van der Waals surface area contributed by atoms with Crippen molar-refractivity contribution in [1.29, 1.82) is 0 Å². The van der Waals surface area contributed by atoms with Crippen molar-refractivity contribution in [3.8, 4) is 5.75 Å². The van der Waals surface area contributed by atoms with Crippen LogP contribution in [0.5, 0.6) is 5.75 Å². The summed E-state index contributed by atoms with van der Waals surface area (Å²) in [5.74, 6) is 1.07. The summed E-state index contributed by atoms with van der Waals surface area (Å²) in [6, 6.07) is 6.54. The van der Waals surface area contributed by atoms with Crippen LogP contribution in [-0.4, -0.2) is 6.61 Å². The second-order valence-electron chi connectivity index (χ2n) is 6.29. The summed E-state index contributed by atoms with van der Waals surface area (Å²) in [6.07, 6.45) is 12.9. The van der Waals surface area contributed by atoms with E-state index in [-0.39, 0.29) is 6.04 Å². The van der Waals surface area contributed by atoms with E-state index in [0.29, 0.717) is 0 Å². The van der Waals surface area contributed by atoms with Crippen LogP contribution in [-0.2, 0) is 6.42 Å². The molecular formula is C19H31NO. The molecule has 2 rings (SSSR count). The summed E-state index contributed by atoms with van der Waals surface area (Å²) < 4.78 is 5.99. The van der Waals surface area contributed by atoms with Crippen molar-refractivity contribution in [2.75, 3.05) is 6.61 Å². The molecular weight excluding hydrogens is 258 g/mol. The molecule has 0 radical (unpaired) electrons. The van der Waals surface area contributed by atoms with Crippen LogP contribution in [0.15, 0.2) is 18.2 Å². The third kappa shape index (κ3) is 5.03. The van der Waals surface area contributed by atoms with Gasteiger partial charge in [-0.25, -0.2) is 0 Å². The molecule has 1 aliphatic rings. The van der Waals surface area contributed by atoms with Crippen molar-refractivity contribution >= 4 is 0 Å². The number of nitrogens with two attached hydrogens (primary N) is 1. The van der Waals surface area contributed by atoms with Gasteiger partial charge in [0, 0.05) is 6.04 Å². The molecule has 1 atom stereocenters. The minimum Gasteiger partial charge on any atom is -0.493 e. The van der Waals surface area contributed by atoms with Gasteiger partial charge < -0.3 is 10.5 Å². The van der Waals surface area contributed by atoms with Crippen LogP contribution in [0.2, 0.25) is 0 Å². The van der Waals surface area contributed by atoms with Crippen molar-refractivity contribution in [3.63, 3.8) is 0 Å². The Morgan fingerprint density at radius 3 is 2.52 bits per heavy atom. The average molecular weight is 289 g/mol. The maximum absolute atomic E-state index is 6.10. The normalized spacial score (nSPS) is 17.0. The average Bonchev–Trinajstić information content (AvgIpc) is 2.88. The lowest BCUT2D eigenvalue weighted by atomic mass is 10.1. The van der Waals surface area contributed by atoms with Crippen molar-refractivity contribution in [1.82, 2.24) is 0 Å². The van der Waals surface area contributed by atoms with Crippen LogP contribution in [0, 0.1) is 0 Å². The van der Waals surface area contributed by atoms with Crippen LogP contribution in [0.4, 0.5) is 0 Å². The van der Waals surface area contributed by atoms with Gasteiger partial charge in [-0.3, -0.25) is 0 Å². The number of unbranched alkanes of at least 4 members (excludes halogenated alkanes) is 7. The number of fused-ring (bicyclic) bond motifs is 1. The Morgan fingerprint density at radius 2 is 1.76 bits per heavy atom. The van der Waals surface area contributed by atoms with E-state index in [1.807, 2.05) is 0 Å². The fourth-order valence-corrected chi connectivity index (χ4v) is 3.21. The zero-order chi connectivity index (χ0) is 14.9. The fourth-order valence-electron chi connectivity index (χ4n) is 3.21. The maximum atomic E-state index is 6.10. The number of ether oxygens (including phenoxy) is 1. The highest BCUT2D eigenvalue weighted by Gasteiger charge is 2.21. The largest absolute Gasteiger partial charge is 0.493 e. The molecule has 2 N–H and O–H groups in total. The SMILES string of the molecule is CCCCCCCCCCOc1cccc2c1CCC2N. The van der Waals surface area contributed by atoms with Gasteiger partial charge in [-0.2, -0.15) is 0 Å². The van der Waals surface area contributed by atoms with Crippen LogP contribution in [0.1, 0.15) is 81.9 Å². The van der Waals surface area contributed by atoms with Crippen LogP contribution in [0.3, 0.4) is 0 Å². The first-order valence-corrected chi connectivity index (χ1v) is 8.83. The van der Waals surface area contributed by atoms with E-state index in [9.17, 15) is 0 Å². The molecule has 2 heteroatoms. The Kier molecular flexibility index (Phi) is 7.08. The lowest BCUT2D eigenvalue weighted by Crippen LogP contribution is -2.05. The Balaban J connectivity index is 1.60.